The van der Waals surface area contributed by atoms with E-state index in [0.717, 1.165) is 21.9 Å². The second-order valence-electron chi connectivity index (χ2n) is 7.01. The Hall–Kier alpha value is -3.38. The van der Waals surface area contributed by atoms with Crippen LogP contribution >= 0.6 is 11.6 Å². The van der Waals surface area contributed by atoms with Crippen LogP contribution in [0.3, 0.4) is 0 Å². The van der Waals surface area contributed by atoms with Gasteiger partial charge in [0.05, 0.1) is 17.3 Å². The van der Waals surface area contributed by atoms with Crippen molar-refractivity contribution in [1.82, 2.24) is 4.90 Å². The van der Waals surface area contributed by atoms with Gasteiger partial charge < -0.3 is 16.4 Å². The molecule has 0 bridgehead atoms. The Balaban J connectivity index is 1.79. The molecule has 1 heterocycles. The highest BCUT2D eigenvalue weighted by molar-refractivity contribution is 6.33. The van der Waals surface area contributed by atoms with Gasteiger partial charge in [-0.1, -0.05) is 36.4 Å². The van der Waals surface area contributed by atoms with Crippen LogP contribution in [0.5, 0.6) is 0 Å². The molecular weight excluding hydrogens is 393 g/mol. The van der Waals surface area contributed by atoms with E-state index in [1.165, 1.54) is 11.0 Å². The van der Waals surface area contributed by atoms with E-state index in [0.29, 0.717) is 17.7 Å². The highest BCUT2D eigenvalue weighted by Gasteiger charge is 2.29. The number of fused-ring (bicyclic) bond motifs is 3. The third-order valence-corrected chi connectivity index (χ3v) is 5.45. The first-order chi connectivity index (χ1) is 13.8. The van der Waals surface area contributed by atoms with Gasteiger partial charge >= 0.3 is 0 Å². The molecule has 0 spiro atoms. The molecule has 4 rings (SSSR count). The summed E-state index contributed by atoms with van der Waals surface area (Å²) >= 11 is 6.03. The Morgan fingerprint density at radius 2 is 1.90 bits per heavy atom. The maximum Gasteiger partial charge on any atom is 0.254 e. The number of primary amides is 1. The SMILES string of the molecule is C=C(CN1Cc2c(ccc3ccc(-c4cc(F)c(N)c(Cl)c4)cc23)C1=O)C(N)=O. The topological polar surface area (TPSA) is 89.4 Å². The number of amides is 2. The monoisotopic (exact) mass is 409 g/mol. The lowest BCUT2D eigenvalue weighted by Gasteiger charge is -2.15. The van der Waals surface area contributed by atoms with E-state index in [-0.39, 0.29) is 28.7 Å². The highest BCUT2D eigenvalue weighted by Crippen LogP contribution is 2.35. The van der Waals surface area contributed by atoms with Crippen molar-refractivity contribution in [3.8, 4) is 11.1 Å². The molecule has 1 aliphatic heterocycles. The molecule has 7 heteroatoms. The van der Waals surface area contributed by atoms with Crippen molar-refractivity contribution in [3.05, 3.63) is 76.6 Å². The lowest BCUT2D eigenvalue weighted by atomic mass is 9.96. The minimum Gasteiger partial charge on any atom is -0.395 e. The number of hydrogen-bond donors (Lipinski definition) is 2. The number of benzene rings is 3. The second-order valence-corrected chi connectivity index (χ2v) is 7.42. The van der Waals surface area contributed by atoms with Gasteiger partial charge in [-0.05, 0) is 51.7 Å². The molecule has 4 N–H and O–H groups in total. The molecule has 2 amide bonds. The Bertz CT molecular complexity index is 1200. The number of hydrogen-bond acceptors (Lipinski definition) is 3. The van der Waals surface area contributed by atoms with Crippen LogP contribution in [-0.4, -0.2) is 23.3 Å². The maximum absolute atomic E-state index is 14.0. The van der Waals surface area contributed by atoms with Crippen LogP contribution in [0.25, 0.3) is 21.9 Å². The summed E-state index contributed by atoms with van der Waals surface area (Å²) in [6.07, 6.45) is 0. The lowest BCUT2D eigenvalue weighted by Crippen LogP contribution is -2.30. The number of nitrogen functional groups attached to an aromatic ring is 1. The number of rotatable bonds is 4. The average molecular weight is 410 g/mol. The molecule has 3 aromatic carbocycles. The van der Waals surface area contributed by atoms with Crippen molar-refractivity contribution in [2.24, 2.45) is 5.73 Å². The van der Waals surface area contributed by atoms with Gasteiger partial charge in [-0.25, -0.2) is 4.39 Å². The molecule has 0 unspecified atom stereocenters. The lowest BCUT2D eigenvalue weighted by molar-refractivity contribution is -0.114. The number of nitrogens with two attached hydrogens (primary N) is 2. The summed E-state index contributed by atoms with van der Waals surface area (Å²) in [5.41, 5.74) is 13.7. The predicted molar refractivity (Wildman–Crippen MR) is 112 cm³/mol. The van der Waals surface area contributed by atoms with Gasteiger partial charge in [-0.3, -0.25) is 9.59 Å². The zero-order valence-electron chi connectivity index (χ0n) is 15.3. The van der Waals surface area contributed by atoms with E-state index < -0.39 is 11.7 Å². The molecule has 0 atom stereocenters. The highest BCUT2D eigenvalue weighted by atomic mass is 35.5. The first-order valence-electron chi connectivity index (χ1n) is 8.83. The fourth-order valence-corrected chi connectivity index (χ4v) is 3.76. The summed E-state index contributed by atoms with van der Waals surface area (Å²) in [5, 5.41) is 1.96. The van der Waals surface area contributed by atoms with Crippen molar-refractivity contribution in [2.75, 3.05) is 12.3 Å². The van der Waals surface area contributed by atoms with Gasteiger partial charge in [0.25, 0.3) is 5.91 Å². The number of carbonyl (C=O) groups is 2. The maximum atomic E-state index is 14.0. The molecule has 5 nitrogen and oxygen atoms in total. The first-order valence-corrected chi connectivity index (χ1v) is 9.21. The van der Waals surface area contributed by atoms with Crippen molar-refractivity contribution in [2.45, 2.75) is 6.54 Å². The van der Waals surface area contributed by atoms with Crippen molar-refractivity contribution in [3.63, 3.8) is 0 Å². The molecule has 3 aromatic rings. The van der Waals surface area contributed by atoms with Crippen LogP contribution in [0.4, 0.5) is 10.1 Å². The van der Waals surface area contributed by atoms with Crippen LogP contribution in [0.1, 0.15) is 15.9 Å². The number of nitrogens with zero attached hydrogens (tertiary/aromatic N) is 1. The van der Waals surface area contributed by atoms with Crippen LogP contribution in [0, 0.1) is 5.82 Å². The van der Waals surface area contributed by atoms with E-state index in [1.54, 1.807) is 12.1 Å². The van der Waals surface area contributed by atoms with Gasteiger partial charge in [0.1, 0.15) is 5.82 Å². The molecule has 0 fully saturated rings. The molecule has 146 valence electrons. The smallest absolute Gasteiger partial charge is 0.254 e. The summed E-state index contributed by atoms with van der Waals surface area (Å²) in [6, 6.07) is 12.2. The van der Waals surface area contributed by atoms with E-state index in [1.807, 2.05) is 24.3 Å². The van der Waals surface area contributed by atoms with Gasteiger partial charge in [-0.15, -0.1) is 0 Å². The van der Waals surface area contributed by atoms with Gasteiger partial charge in [0.2, 0.25) is 5.91 Å². The third kappa shape index (κ3) is 3.21. The third-order valence-electron chi connectivity index (χ3n) is 5.14. The Kier molecular flexibility index (Phi) is 4.51. The summed E-state index contributed by atoms with van der Waals surface area (Å²) in [7, 11) is 0. The van der Waals surface area contributed by atoms with Crippen molar-refractivity contribution < 1.29 is 14.0 Å². The normalized spacial score (nSPS) is 13.0. The number of anilines is 1. The summed E-state index contributed by atoms with van der Waals surface area (Å²) < 4.78 is 14.0. The molecule has 0 saturated heterocycles. The van der Waals surface area contributed by atoms with Gasteiger partial charge in [0, 0.05) is 17.7 Å². The Morgan fingerprint density at radius 3 is 2.59 bits per heavy atom. The van der Waals surface area contributed by atoms with E-state index in [9.17, 15) is 14.0 Å². The van der Waals surface area contributed by atoms with Crippen LogP contribution < -0.4 is 11.5 Å². The molecule has 29 heavy (non-hydrogen) atoms. The Morgan fingerprint density at radius 1 is 1.17 bits per heavy atom. The molecular formula is C22H17ClFN3O2. The fourth-order valence-electron chi connectivity index (χ4n) is 3.55. The fraction of sp³-hybridized carbons (Fsp3) is 0.0909. The molecule has 0 saturated carbocycles. The molecule has 0 aromatic heterocycles. The largest absolute Gasteiger partial charge is 0.395 e. The minimum absolute atomic E-state index is 0.0722. The zero-order valence-corrected chi connectivity index (χ0v) is 16.1. The first kappa shape index (κ1) is 19.0. The van der Waals surface area contributed by atoms with E-state index >= 15 is 0 Å². The van der Waals surface area contributed by atoms with Crippen molar-refractivity contribution >= 4 is 39.9 Å². The predicted octanol–water partition coefficient (Wildman–Crippen LogP) is 3.88. The van der Waals surface area contributed by atoms with Gasteiger partial charge in [0.15, 0.2) is 0 Å². The average Bonchev–Trinajstić information content (AvgIpc) is 3.01. The van der Waals surface area contributed by atoms with E-state index in [2.05, 4.69) is 6.58 Å². The summed E-state index contributed by atoms with van der Waals surface area (Å²) in [5.74, 6) is -1.41. The van der Waals surface area contributed by atoms with Crippen LogP contribution in [0.2, 0.25) is 5.02 Å². The van der Waals surface area contributed by atoms with Crippen molar-refractivity contribution in [1.29, 1.82) is 0 Å². The Labute approximate surface area is 171 Å². The number of carbonyl (C=O) groups excluding carboxylic acids is 2. The summed E-state index contributed by atoms with van der Waals surface area (Å²) in [6.45, 7) is 4.03. The van der Waals surface area contributed by atoms with Gasteiger partial charge in [-0.2, -0.15) is 0 Å². The van der Waals surface area contributed by atoms with Crippen LogP contribution in [-0.2, 0) is 11.3 Å². The number of halogens is 2. The zero-order chi connectivity index (χ0) is 20.9. The standard InChI is InChI=1S/C22H17ClFN3O2/c1-11(21(26)28)9-27-10-17-15(22(27)29)5-4-12-2-3-13(6-16(12)17)14-7-18(23)20(25)19(24)8-14/h2-8H,1,9-10,25H2,(H2,26,28). The quantitative estimate of drug-likeness (QED) is 0.506. The molecule has 0 radical (unpaired) electrons. The molecule has 0 aliphatic carbocycles. The summed E-state index contributed by atoms with van der Waals surface area (Å²) in [4.78, 5) is 25.6. The molecule has 1 aliphatic rings. The minimum atomic E-state index is -0.636. The second kappa shape index (κ2) is 6.90. The van der Waals surface area contributed by atoms with E-state index in [4.69, 9.17) is 23.1 Å². The van der Waals surface area contributed by atoms with Crippen LogP contribution in [0.15, 0.2) is 54.6 Å².